The lowest BCUT2D eigenvalue weighted by Crippen LogP contribution is -2.13. The molecule has 0 aromatic carbocycles. The smallest absolute Gasteiger partial charge is 0.277 e. The van der Waals surface area contributed by atoms with Gasteiger partial charge in [-0.1, -0.05) is 0 Å². The third-order valence-corrected chi connectivity index (χ3v) is 3.85. The first-order valence-electron chi connectivity index (χ1n) is 5.50. The summed E-state index contributed by atoms with van der Waals surface area (Å²) in [4.78, 5) is 22.4. The number of aromatic nitrogens is 3. The Kier molecular flexibility index (Phi) is 3.08. The molecule has 19 heavy (non-hydrogen) atoms. The van der Waals surface area contributed by atoms with Crippen LogP contribution in [0, 0.1) is 6.92 Å². The Morgan fingerprint density at radius 1 is 1.42 bits per heavy atom. The van der Waals surface area contributed by atoms with E-state index in [1.807, 2.05) is 23.6 Å². The molecular formula is C12H9BrN4OS. The van der Waals surface area contributed by atoms with Gasteiger partial charge in [0, 0.05) is 27.9 Å². The van der Waals surface area contributed by atoms with Crippen molar-refractivity contribution >= 4 is 44.0 Å². The lowest BCUT2D eigenvalue weighted by molar-refractivity contribution is 0.102. The van der Waals surface area contributed by atoms with Crippen LogP contribution in [-0.4, -0.2) is 20.3 Å². The van der Waals surface area contributed by atoms with Crippen molar-refractivity contribution in [3.8, 4) is 0 Å². The van der Waals surface area contributed by atoms with Crippen molar-refractivity contribution < 1.29 is 4.79 Å². The number of rotatable bonds is 2. The molecule has 0 unspecified atom stereocenters. The molecule has 0 atom stereocenters. The van der Waals surface area contributed by atoms with Crippen molar-refractivity contribution in [2.45, 2.75) is 6.92 Å². The summed E-state index contributed by atoms with van der Waals surface area (Å²) in [6, 6.07) is 3.54. The molecule has 3 heterocycles. The van der Waals surface area contributed by atoms with Crippen molar-refractivity contribution in [2.75, 3.05) is 5.32 Å². The lowest BCUT2D eigenvalue weighted by Gasteiger charge is -2.01. The highest BCUT2D eigenvalue weighted by Gasteiger charge is 2.12. The molecule has 3 aromatic heterocycles. The van der Waals surface area contributed by atoms with Gasteiger partial charge in [0.1, 0.15) is 11.5 Å². The first-order valence-corrected chi connectivity index (χ1v) is 7.11. The number of hydrogen-bond acceptors (Lipinski definition) is 4. The fraction of sp³-hybridized carbons (Fsp3) is 0.0833. The van der Waals surface area contributed by atoms with E-state index in [1.54, 1.807) is 29.8 Å². The molecule has 0 aliphatic heterocycles. The van der Waals surface area contributed by atoms with Crippen molar-refractivity contribution in [1.82, 2.24) is 14.4 Å². The third kappa shape index (κ3) is 2.52. The standard InChI is InChI=1S/C12H9BrN4OS/c1-7-5-17-6-9(15-12(17)19-7)11(18)16-10-3-2-8(13)4-14-10/h2-6H,1H3,(H,14,16,18). The number of hydrogen-bond donors (Lipinski definition) is 1. The minimum Gasteiger partial charge on any atom is -0.305 e. The number of aryl methyl sites for hydroxylation is 1. The molecule has 1 N–H and O–H groups in total. The Labute approximate surface area is 121 Å². The molecule has 0 radical (unpaired) electrons. The molecule has 0 saturated heterocycles. The van der Waals surface area contributed by atoms with Crippen LogP contribution < -0.4 is 5.32 Å². The molecular weight excluding hydrogens is 328 g/mol. The van der Waals surface area contributed by atoms with E-state index in [0.717, 1.165) is 14.3 Å². The summed E-state index contributed by atoms with van der Waals surface area (Å²) < 4.78 is 2.72. The second-order valence-electron chi connectivity index (χ2n) is 3.97. The number of nitrogens with zero attached hydrogens (tertiary/aromatic N) is 3. The van der Waals surface area contributed by atoms with E-state index >= 15 is 0 Å². The fourth-order valence-corrected chi connectivity index (χ4v) is 2.69. The molecule has 96 valence electrons. The highest BCUT2D eigenvalue weighted by Crippen LogP contribution is 2.17. The summed E-state index contributed by atoms with van der Waals surface area (Å²) in [6.45, 7) is 2.00. The number of halogens is 1. The van der Waals surface area contributed by atoms with Crippen LogP contribution in [0.25, 0.3) is 4.96 Å². The first-order chi connectivity index (χ1) is 9.11. The average molecular weight is 337 g/mol. The van der Waals surface area contributed by atoms with Crippen LogP contribution >= 0.6 is 27.3 Å². The van der Waals surface area contributed by atoms with Crippen LogP contribution in [-0.2, 0) is 0 Å². The van der Waals surface area contributed by atoms with Gasteiger partial charge in [0.25, 0.3) is 5.91 Å². The third-order valence-electron chi connectivity index (χ3n) is 2.47. The minimum atomic E-state index is -0.261. The van der Waals surface area contributed by atoms with E-state index in [0.29, 0.717) is 11.5 Å². The quantitative estimate of drug-likeness (QED) is 0.782. The second-order valence-corrected chi connectivity index (χ2v) is 6.10. The lowest BCUT2D eigenvalue weighted by atomic mass is 10.4. The average Bonchev–Trinajstić information content (AvgIpc) is 2.89. The number of carbonyl (C=O) groups excluding carboxylic acids is 1. The van der Waals surface area contributed by atoms with E-state index < -0.39 is 0 Å². The Hall–Kier alpha value is -1.73. The van der Waals surface area contributed by atoms with Crippen molar-refractivity contribution in [3.05, 3.63) is 45.8 Å². The van der Waals surface area contributed by atoms with Gasteiger partial charge in [-0.05, 0) is 35.0 Å². The van der Waals surface area contributed by atoms with Crippen LogP contribution in [0.1, 0.15) is 15.4 Å². The van der Waals surface area contributed by atoms with Gasteiger partial charge >= 0.3 is 0 Å². The van der Waals surface area contributed by atoms with E-state index in [4.69, 9.17) is 0 Å². The SMILES string of the molecule is Cc1cn2cc(C(=O)Nc3ccc(Br)cn3)nc2s1. The molecule has 3 aromatic rings. The Morgan fingerprint density at radius 2 is 2.26 bits per heavy atom. The predicted octanol–water partition coefficient (Wildman–Crippen LogP) is 3.11. The van der Waals surface area contributed by atoms with Crippen molar-refractivity contribution in [3.63, 3.8) is 0 Å². The molecule has 0 aliphatic carbocycles. The summed E-state index contributed by atoms with van der Waals surface area (Å²) in [5, 5.41) is 2.71. The monoisotopic (exact) mass is 336 g/mol. The largest absolute Gasteiger partial charge is 0.305 e. The van der Waals surface area contributed by atoms with E-state index in [1.165, 1.54) is 0 Å². The molecule has 0 saturated carbocycles. The molecule has 5 nitrogen and oxygen atoms in total. The topological polar surface area (TPSA) is 59.3 Å². The molecule has 1 amide bonds. The maximum atomic E-state index is 12.0. The van der Waals surface area contributed by atoms with Crippen LogP contribution in [0.3, 0.4) is 0 Å². The number of carbonyl (C=O) groups is 1. The van der Waals surface area contributed by atoms with Crippen LogP contribution in [0.4, 0.5) is 5.82 Å². The Bertz CT molecular complexity index is 715. The normalized spacial score (nSPS) is 10.8. The predicted molar refractivity (Wildman–Crippen MR) is 77.7 cm³/mol. The number of nitrogens with one attached hydrogen (secondary N) is 1. The summed E-state index contributed by atoms with van der Waals surface area (Å²) in [6.07, 6.45) is 5.29. The Morgan fingerprint density at radius 3 is 2.95 bits per heavy atom. The van der Waals surface area contributed by atoms with Crippen LogP contribution in [0.2, 0.25) is 0 Å². The number of thiazole rings is 1. The highest BCUT2D eigenvalue weighted by atomic mass is 79.9. The highest BCUT2D eigenvalue weighted by molar-refractivity contribution is 9.10. The van der Waals surface area contributed by atoms with Crippen molar-refractivity contribution in [2.24, 2.45) is 0 Å². The van der Waals surface area contributed by atoms with Gasteiger partial charge in [-0.25, -0.2) is 9.97 Å². The van der Waals surface area contributed by atoms with E-state index in [9.17, 15) is 4.79 Å². The summed E-state index contributed by atoms with van der Waals surface area (Å²) >= 11 is 4.84. The van der Waals surface area contributed by atoms with E-state index in [2.05, 4.69) is 31.2 Å². The minimum absolute atomic E-state index is 0.261. The van der Waals surface area contributed by atoms with E-state index in [-0.39, 0.29) is 5.91 Å². The van der Waals surface area contributed by atoms with Crippen LogP contribution in [0.5, 0.6) is 0 Å². The van der Waals surface area contributed by atoms with Gasteiger partial charge < -0.3 is 5.32 Å². The van der Waals surface area contributed by atoms with Crippen LogP contribution in [0.15, 0.2) is 35.2 Å². The molecule has 0 aliphatic rings. The van der Waals surface area contributed by atoms with Gasteiger partial charge in [-0.15, -0.1) is 11.3 Å². The summed E-state index contributed by atoms with van der Waals surface area (Å²) in [5.41, 5.74) is 0.385. The summed E-state index contributed by atoms with van der Waals surface area (Å²) in [7, 11) is 0. The number of fused-ring (bicyclic) bond motifs is 1. The number of anilines is 1. The molecule has 7 heteroatoms. The number of imidazole rings is 1. The first kappa shape index (κ1) is 12.3. The molecule has 0 spiro atoms. The van der Waals surface area contributed by atoms with Gasteiger partial charge in [0.05, 0.1) is 0 Å². The second kappa shape index (κ2) is 4.75. The number of pyridine rings is 1. The van der Waals surface area contributed by atoms with Gasteiger partial charge in [-0.2, -0.15) is 0 Å². The molecule has 0 bridgehead atoms. The zero-order chi connectivity index (χ0) is 13.4. The molecule has 3 rings (SSSR count). The number of amides is 1. The summed E-state index contributed by atoms with van der Waals surface area (Å²) in [5.74, 6) is 0.240. The van der Waals surface area contributed by atoms with Gasteiger partial charge in [0.2, 0.25) is 0 Å². The maximum Gasteiger partial charge on any atom is 0.277 e. The zero-order valence-electron chi connectivity index (χ0n) is 9.92. The zero-order valence-corrected chi connectivity index (χ0v) is 12.3. The van der Waals surface area contributed by atoms with Crippen molar-refractivity contribution in [1.29, 1.82) is 0 Å². The molecule has 0 fully saturated rings. The maximum absolute atomic E-state index is 12.0. The van der Waals surface area contributed by atoms with Gasteiger partial charge in [-0.3, -0.25) is 9.20 Å². The fourth-order valence-electron chi connectivity index (χ4n) is 1.65. The van der Waals surface area contributed by atoms with Gasteiger partial charge in [0.15, 0.2) is 4.96 Å². The Balaban J connectivity index is 1.83.